The molecule has 2 aliphatic heterocycles. The number of carbonyl (C=O) groups is 2. The fraction of sp³-hybridized carbons (Fsp3) is 0.238. The third kappa shape index (κ3) is 2.16. The molecule has 0 unspecified atom stereocenters. The molecule has 136 valence electrons. The van der Waals surface area contributed by atoms with Gasteiger partial charge in [-0.3, -0.25) is 9.59 Å². The molecule has 0 radical (unpaired) electrons. The number of ketones is 2. The molecule has 6 nitrogen and oxygen atoms in total. The minimum Gasteiger partial charge on any atom is -0.504 e. The first-order valence-electron chi connectivity index (χ1n) is 8.67. The van der Waals surface area contributed by atoms with Crippen LogP contribution in [0, 0.1) is 0 Å². The summed E-state index contributed by atoms with van der Waals surface area (Å²) in [5.74, 6) is -0.295. The van der Waals surface area contributed by atoms with Crippen LogP contribution in [-0.2, 0) is 16.1 Å². The molecule has 0 bridgehead atoms. The van der Waals surface area contributed by atoms with E-state index in [1.807, 2.05) is 0 Å². The molecule has 2 heterocycles. The largest absolute Gasteiger partial charge is 0.504 e. The second-order valence-corrected chi connectivity index (χ2v) is 6.82. The van der Waals surface area contributed by atoms with E-state index in [9.17, 15) is 14.7 Å². The third-order valence-corrected chi connectivity index (χ3v) is 5.43. The van der Waals surface area contributed by atoms with Gasteiger partial charge in [0.25, 0.3) is 0 Å². The maximum atomic E-state index is 13.1. The minimum absolute atomic E-state index is 0.0350. The normalized spacial score (nSPS) is 23.0. The highest BCUT2D eigenvalue weighted by Gasteiger charge is 2.46. The fourth-order valence-electron chi connectivity index (χ4n) is 4.13. The van der Waals surface area contributed by atoms with Crippen molar-refractivity contribution in [1.29, 1.82) is 0 Å². The SMILES string of the molecule is COc1cc2c(cc1O)CO[C@@H]1C3=C(OC[C@H]21)C(=O)c1ccccc1C3=O. The van der Waals surface area contributed by atoms with Crippen LogP contribution in [0.1, 0.15) is 37.8 Å². The van der Waals surface area contributed by atoms with Gasteiger partial charge in [-0.1, -0.05) is 24.3 Å². The summed E-state index contributed by atoms with van der Waals surface area (Å²) in [5.41, 5.74) is 2.74. The van der Waals surface area contributed by atoms with Gasteiger partial charge < -0.3 is 19.3 Å². The Morgan fingerprint density at radius 1 is 1.11 bits per heavy atom. The van der Waals surface area contributed by atoms with Crippen molar-refractivity contribution in [3.63, 3.8) is 0 Å². The number of ether oxygens (including phenoxy) is 3. The fourth-order valence-corrected chi connectivity index (χ4v) is 4.13. The van der Waals surface area contributed by atoms with E-state index in [2.05, 4.69) is 0 Å². The topological polar surface area (TPSA) is 82.1 Å². The number of allylic oxidation sites excluding steroid dienone is 1. The predicted octanol–water partition coefficient (Wildman–Crippen LogP) is 2.75. The third-order valence-electron chi connectivity index (χ3n) is 5.43. The number of benzene rings is 2. The monoisotopic (exact) mass is 364 g/mol. The van der Waals surface area contributed by atoms with Gasteiger partial charge >= 0.3 is 0 Å². The molecule has 1 N–H and O–H groups in total. The van der Waals surface area contributed by atoms with Gasteiger partial charge in [-0.05, 0) is 23.3 Å². The molecule has 27 heavy (non-hydrogen) atoms. The summed E-state index contributed by atoms with van der Waals surface area (Å²) in [5, 5.41) is 10.0. The zero-order valence-corrected chi connectivity index (χ0v) is 14.5. The summed E-state index contributed by atoms with van der Waals surface area (Å²) < 4.78 is 17.0. The summed E-state index contributed by atoms with van der Waals surface area (Å²) >= 11 is 0. The van der Waals surface area contributed by atoms with E-state index in [0.29, 0.717) is 16.9 Å². The lowest BCUT2D eigenvalue weighted by Gasteiger charge is -2.40. The smallest absolute Gasteiger partial charge is 0.228 e. The highest BCUT2D eigenvalue weighted by atomic mass is 16.5. The molecule has 5 rings (SSSR count). The average molecular weight is 364 g/mol. The first-order valence-corrected chi connectivity index (χ1v) is 8.67. The quantitative estimate of drug-likeness (QED) is 0.838. The highest BCUT2D eigenvalue weighted by molar-refractivity contribution is 6.26. The minimum atomic E-state index is -0.569. The number of carbonyl (C=O) groups excluding carboxylic acids is 2. The second-order valence-electron chi connectivity index (χ2n) is 6.82. The molecular formula is C21H16O6. The average Bonchev–Trinajstić information content (AvgIpc) is 2.70. The summed E-state index contributed by atoms with van der Waals surface area (Å²) in [6.45, 7) is 0.444. The molecular weight excluding hydrogens is 348 g/mol. The van der Waals surface area contributed by atoms with Crippen molar-refractivity contribution in [1.82, 2.24) is 0 Å². The van der Waals surface area contributed by atoms with Gasteiger partial charge in [0.2, 0.25) is 5.78 Å². The highest BCUT2D eigenvalue weighted by Crippen LogP contribution is 2.45. The number of hydrogen-bond donors (Lipinski definition) is 1. The molecule has 6 heteroatoms. The first kappa shape index (κ1) is 16.1. The molecule has 0 saturated carbocycles. The first-order chi connectivity index (χ1) is 13.1. The van der Waals surface area contributed by atoms with Crippen molar-refractivity contribution in [3.05, 3.63) is 70.0 Å². The second kappa shape index (κ2) is 5.69. The standard InChI is InChI=1S/C21H16O6/c1-25-16-7-13-10(6-15(16)22)8-26-20-14(13)9-27-21-17(20)18(23)11-4-2-3-5-12(11)19(21)24/h2-7,14,20,22H,8-9H2,1H3/t14-,20+/m1/s1. The lowest BCUT2D eigenvalue weighted by Crippen LogP contribution is -2.42. The van der Waals surface area contributed by atoms with E-state index in [1.54, 1.807) is 36.4 Å². The van der Waals surface area contributed by atoms with Crippen molar-refractivity contribution in [2.24, 2.45) is 0 Å². The predicted molar refractivity (Wildman–Crippen MR) is 94.1 cm³/mol. The van der Waals surface area contributed by atoms with E-state index in [0.717, 1.165) is 11.1 Å². The van der Waals surface area contributed by atoms with Crippen molar-refractivity contribution < 1.29 is 28.9 Å². The van der Waals surface area contributed by atoms with Gasteiger partial charge in [0.05, 0.1) is 25.9 Å². The molecule has 0 spiro atoms. The van der Waals surface area contributed by atoms with Crippen LogP contribution in [0.15, 0.2) is 47.7 Å². The van der Waals surface area contributed by atoms with Crippen LogP contribution >= 0.6 is 0 Å². The Morgan fingerprint density at radius 2 is 1.85 bits per heavy atom. The Kier molecular flexibility index (Phi) is 3.39. The van der Waals surface area contributed by atoms with Gasteiger partial charge in [-0.25, -0.2) is 0 Å². The van der Waals surface area contributed by atoms with Crippen LogP contribution in [0.4, 0.5) is 0 Å². The number of methoxy groups -OCH3 is 1. The number of Topliss-reactive ketones (excluding diaryl/α,β-unsaturated/α-hetero) is 2. The van der Waals surface area contributed by atoms with Gasteiger partial charge in [0.15, 0.2) is 23.0 Å². The molecule has 3 aliphatic rings. The number of phenols is 1. The molecule has 0 fully saturated rings. The van der Waals surface area contributed by atoms with E-state index in [4.69, 9.17) is 14.2 Å². The summed E-state index contributed by atoms with van der Waals surface area (Å²) in [6.07, 6.45) is -0.569. The summed E-state index contributed by atoms with van der Waals surface area (Å²) in [6, 6.07) is 10.1. The maximum absolute atomic E-state index is 13.1. The molecule has 2 atom stereocenters. The lowest BCUT2D eigenvalue weighted by molar-refractivity contribution is -0.00869. The van der Waals surface area contributed by atoms with Crippen molar-refractivity contribution in [2.75, 3.05) is 13.7 Å². The van der Waals surface area contributed by atoms with Crippen LogP contribution < -0.4 is 4.74 Å². The Bertz CT molecular complexity index is 1030. The van der Waals surface area contributed by atoms with Crippen LogP contribution in [-0.4, -0.2) is 36.5 Å². The maximum Gasteiger partial charge on any atom is 0.228 e. The Morgan fingerprint density at radius 3 is 2.59 bits per heavy atom. The molecule has 0 aromatic heterocycles. The number of fused-ring (bicyclic) bond motifs is 5. The summed E-state index contributed by atoms with van der Waals surface area (Å²) in [7, 11) is 1.48. The number of hydrogen-bond acceptors (Lipinski definition) is 6. The van der Waals surface area contributed by atoms with Gasteiger partial charge in [-0.2, -0.15) is 0 Å². The summed E-state index contributed by atoms with van der Waals surface area (Å²) in [4.78, 5) is 25.9. The molecule has 2 aromatic rings. The number of rotatable bonds is 1. The van der Waals surface area contributed by atoms with Crippen molar-refractivity contribution >= 4 is 11.6 Å². The van der Waals surface area contributed by atoms with E-state index >= 15 is 0 Å². The molecule has 1 aliphatic carbocycles. The van der Waals surface area contributed by atoms with Crippen molar-refractivity contribution in [3.8, 4) is 11.5 Å². The Hall–Kier alpha value is -3.12. The zero-order valence-electron chi connectivity index (χ0n) is 14.5. The Labute approximate surface area is 155 Å². The van der Waals surface area contributed by atoms with E-state index in [-0.39, 0.29) is 47.8 Å². The lowest BCUT2D eigenvalue weighted by atomic mass is 9.77. The van der Waals surface area contributed by atoms with Gasteiger partial charge in [-0.15, -0.1) is 0 Å². The van der Waals surface area contributed by atoms with Gasteiger partial charge in [0, 0.05) is 17.0 Å². The number of phenolic OH excluding ortho intramolecular Hbond substituents is 1. The van der Waals surface area contributed by atoms with E-state index < -0.39 is 6.10 Å². The van der Waals surface area contributed by atoms with Crippen LogP contribution in [0.25, 0.3) is 0 Å². The number of aromatic hydroxyl groups is 1. The van der Waals surface area contributed by atoms with Crippen LogP contribution in [0.5, 0.6) is 11.5 Å². The zero-order chi connectivity index (χ0) is 18.7. The van der Waals surface area contributed by atoms with Gasteiger partial charge in [0.1, 0.15) is 6.10 Å². The van der Waals surface area contributed by atoms with Crippen molar-refractivity contribution in [2.45, 2.75) is 18.6 Å². The molecule has 2 aromatic carbocycles. The van der Waals surface area contributed by atoms with Crippen LogP contribution in [0.2, 0.25) is 0 Å². The molecule has 0 saturated heterocycles. The Balaban J connectivity index is 1.63. The molecule has 0 amide bonds. The van der Waals surface area contributed by atoms with E-state index in [1.165, 1.54) is 7.11 Å². The van der Waals surface area contributed by atoms with Crippen LogP contribution in [0.3, 0.4) is 0 Å².